The van der Waals surface area contributed by atoms with Crippen molar-refractivity contribution in [3.63, 3.8) is 0 Å². The fourth-order valence-electron chi connectivity index (χ4n) is 2.31. The Morgan fingerprint density at radius 1 is 1.22 bits per heavy atom. The van der Waals surface area contributed by atoms with Gasteiger partial charge in [-0.15, -0.1) is 0 Å². The summed E-state index contributed by atoms with van der Waals surface area (Å²) < 4.78 is 0.162. The number of fused-ring (bicyclic) bond motifs is 1. The van der Waals surface area contributed by atoms with Crippen molar-refractivity contribution in [3.05, 3.63) is 78.9 Å². The molecule has 1 heterocycles. The van der Waals surface area contributed by atoms with E-state index in [1.807, 2.05) is 0 Å². The Labute approximate surface area is 126 Å². The second-order valence-corrected chi connectivity index (χ2v) is 4.66. The van der Waals surface area contributed by atoms with Gasteiger partial charge in [-0.1, -0.05) is 18.2 Å². The van der Waals surface area contributed by atoms with Crippen LogP contribution in [-0.2, 0) is 0 Å². The van der Waals surface area contributed by atoms with Crippen LogP contribution in [0.15, 0.2) is 42.1 Å². The number of allylic oxidation sites excluding steroid dienone is 1. The zero-order valence-electron chi connectivity index (χ0n) is 11.3. The third-order valence-electron chi connectivity index (χ3n) is 3.35. The number of benzene rings is 1. The molecule has 0 amide bonds. The van der Waals surface area contributed by atoms with E-state index in [9.17, 15) is 30.5 Å². The van der Waals surface area contributed by atoms with Crippen molar-refractivity contribution in [1.29, 1.82) is 0 Å². The fraction of sp³-hybridized carbons (Fsp3) is 0.0833. The highest BCUT2D eigenvalue weighted by atomic mass is 16.8. The predicted molar refractivity (Wildman–Crippen MR) is 74.6 cm³/mol. The summed E-state index contributed by atoms with van der Waals surface area (Å²) >= 11 is 0. The maximum Gasteiger partial charge on any atom is 0.290 e. The Balaban J connectivity index is 2.30. The van der Waals surface area contributed by atoms with Crippen LogP contribution in [-0.4, -0.2) is 30.5 Å². The van der Waals surface area contributed by atoms with Gasteiger partial charge in [-0.25, -0.2) is 0 Å². The van der Waals surface area contributed by atoms with Crippen molar-refractivity contribution in [2.45, 2.75) is 6.10 Å². The Hall–Kier alpha value is -3.47. The molecule has 23 heavy (non-hydrogen) atoms. The molecule has 0 saturated carbocycles. The molecule has 0 saturated heterocycles. The average molecular weight is 319 g/mol. The van der Waals surface area contributed by atoms with Crippen LogP contribution in [0.1, 0.15) is 17.5 Å². The molecule has 1 aromatic heterocycles. The molecule has 0 spiro atoms. The molecular weight excluding hydrogens is 310 g/mol. The Morgan fingerprint density at radius 2 is 1.87 bits per heavy atom. The number of para-hydroxylation sites is 1. The van der Waals surface area contributed by atoms with E-state index in [0.29, 0.717) is 11.8 Å². The third-order valence-corrected chi connectivity index (χ3v) is 3.35. The number of rotatable bonds is 2. The summed E-state index contributed by atoms with van der Waals surface area (Å²) in [5, 5.41) is 45.7. The molecule has 3 rings (SSSR count). The van der Waals surface area contributed by atoms with E-state index in [1.165, 1.54) is 0 Å². The van der Waals surface area contributed by atoms with Crippen molar-refractivity contribution in [3.8, 4) is 5.69 Å². The van der Waals surface area contributed by atoms with Gasteiger partial charge in [0.25, 0.3) is 22.8 Å². The van der Waals surface area contributed by atoms with E-state index >= 15 is 0 Å². The maximum absolute atomic E-state index is 12.4. The molecule has 0 radical (unpaired) electrons. The number of aromatic amines is 1. The number of hydrogen-bond acceptors (Lipinski definition) is 6. The van der Waals surface area contributed by atoms with Crippen LogP contribution in [0.5, 0.6) is 0 Å². The second-order valence-electron chi connectivity index (χ2n) is 4.66. The molecule has 1 aromatic carbocycles. The standard InChI is InChI=1S/C12H9N5O6/c18-12-9(17(22)23)6-8(16(20)21)10-11(12)15(19)14(13-10)7-4-2-1-3-5-7/h1-6,12-13,18H. The summed E-state index contributed by atoms with van der Waals surface area (Å²) in [4.78, 5) is 22.4. The molecule has 118 valence electrons. The zero-order valence-corrected chi connectivity index (χ0v) is 11.3. The van der Waals surface area contributed by atoms with E-state index in [2.05, 4.69) is 5.10 Å². The molecule has 11 heteroatoms. The summed E-state index contributed by atoms with van der Waals surface area (Å²) in [6, 6.07) is 8.08. The van der Waals surface area contributed by atoms with Crippen LogP contribution >= 0.6 is 0 Å². The van der Waals surface area contributed by atoms with Crippen molar-refractivity contribution in [2.24, 2.45) is 0 Å². The minimum atomic E-state index is -1.89. The molecule has 2 N–H and O–H groups in total. The highest BCUT2D eigenvalue weighted by Gasteiger charge is 2.46. The lowest BCUT2D eigenvalue weighted by Gasteiger charge is -2.11. The first kappa shape index (κ1) is 14.5. The number of H-pyrrole nitrogens is 1. The average Bonchev–Trinajstić information content (AvgIpc) is 2.86. The van der Waals surface area contributed by atoms with Gasteiger partial charge in [0.15, 0.2) is 0 Å². The lowest BCUT2D eigenvalue weighted by atomic mass is 10.0. The number of hydrogen-bond donors (Lipinski definition) is 2. The van der Waals surface area contributed by atoms with E-state index < -0.39 is 33.0 Å². The molecule has 11 nitrogen and oxygen atoms in total. The Kier molecular flexibility index (Phi) is 3.19. The normalized spacial score (nSPS) is 16.7. The molecule has 2 aromatic rings. The van der Waals surface area contributed by atoms with Crippen LogP contribution in [0.25, 0.3) is 5.69 Å². The van der Waals surface area contributed by atoms with Gasteiger partial charge in [-0.3, -0.25) is 10.1 Å². The van der Waals surface area contributed by atoms with Crippen LogP contribution in [0, 0.1) is 25.4 Å². The summed E-state index contributed by atoms with van der Waals surface area (Å²) in [6.07, 6.45) is -1.25. The van der Waals surface area contributed by atoms with Crippen LogP contribution < -0.4 is 4.54 Å². The first-order chi connectivity index (χ1) is 10.9. The number of nitrogens with one attached hydrogen (secondary N) is 1. The molecule has 1 aliphatic rings. The molecular formula is C12H9N5O6. The summed E-state index contributed by atoms with van der Waals surface area (Å²) in [5.41, 5.74) is -1.96. The SMILES string of the molecule is O=[N+]([O-])C1=CC(=[N+]([O-])[O-])c2[nH]n(-c3ccccc3)[n+](=O)c2C1O. The second kappa shape index (κ2) is 5.06. The van der Waals surface area contributed by atoms with E-state index in [0.717, 1.165) is 4.80 Å². The van der Waals surface area contributed by atoms with Gasteiger partial charge in [0.2, 0.25) is 6.10 Å². The number of aliphatic hydroxyl groups excluding tert-OH is 1. The molecule has 1 unspecified atom stereocenters. The highest BCUT2D eigenvalue weighted by molar-refractivity contribution is 6.06. The minimum Gasteiger partial charge on any atom is -0.612 e. The van der Waals surface area contributed by atoms with Gasteiger partial charge >= 0.3 is 0 Å². The molecule has 0 bridgehead atoms. The van der Waals surface area contributed by atoms with Crippen molar-refractivity contribution in [2.75, 3.05) is 0 Å². The van der Waals surface area contributed by atoms with Gasteiger partial charge in [-0.05, 0) is 21.8 Å². The number of aromatic nitrogens is 3. The highest BCUT2D eigenvalue weighted by Crippen LogP contribution is 2.27. The summed E-state index contributed by atoms with van der Waals surface area (Å²) in [6.45, 7) is 0. The summed E-state index contributed by atoms with van der Waals surface area (Å²) in [5.74, 6) is 0. The number of nitrogens with zero attached hydrogens (tertiary/aromatic N) is 4. The van der Waals surface area contributed by atoms with Gasteiger partial charge < -0.3 is 15.5 Å². The number of nitro groups is 1. The molecule has 0 aliphatic heterocycles. The topological polar surface area (TPSA) is 156 Å². The van der Waals surface area contributed by atoms with Gasteiger partial charge in [-0.2, -0.15) is 10.0 Å². The first-order valence-corrected chi connectivity index (χ1v) is 6.30. The van der Waals surface area contributed by atoms with Crippen molar-refractivity contribution < 1.29 is 19.5 Å². The summed E-state index contributed by atoms with van der Waals surface area (Å²) in [7, 11) is 0. The van der Waals surface area contributed by atoms with E-state index in [1.54, 1.807) is 30.3 Å². The van der Waals surface area contributed by atoms with Crippen LogP contribution in [0.3, 0.4) is 0 Å². The van der Waals surface area contributed by atoms with E-state index in [4.69, 9.17) is 0 Å². The maximum atomic E-state index is 12.4. The van der Waals surface area contributed by atoms with Gasteiger partial charge in [0.05, 0.1) is 15.5 Å². The largest absolute Gasteiger partial charge is 0.612 e. The van der Waals surface area contributed by atoms with E-state index in [-0.39, 0.29) is 10.2 Å². The van der Waals surface area contributed by atoms with Crippen molar-refractivity contribution >= 4 is 5.71 Å². The lowest BCUT2D eigenvalue weighted by molar-refractivity contribution is -0.601. The minimum absolute atomic E-state index is 0.162. The zero-order chi connectivity index (χ0) is 16.7. The molecule has 0 fully saturated rings. The molecule has 1 atom stereocenters. The van der Waals surface area contributed by atoms with Gasteiger partial charge in [0.1, 0.15) is 5.69 Å². The Bertz CT molecular complexity index is 906. The third kappa shape index (κ3) is 2.15. The van der Waals surface area contributed by atoms with Gasteiger partial charge in [0, 0.05) is 0 Å². The number of aliphatic hydroxyl groups is 1. The van der Waals surface area contributed by atoms with Crippen LogP contribution in [0.2, 0.25) is 0 Å². The van der Waals surface area contributed by atoms with Crippen molar-refractivity contribution in [1.82, 2.24) is 9.90 Å². The van der Waals surface area contributed by atoms with Crippen LogP contribution in [0.4, 0.5) is 0 Å². The predicted octanol–water partition coefficient (Wildman–Crippen LogP) is -0.275. The lowest BCUT2D eigenvalue weighted by Crippen LogP contribution is -2.34. The first-order valence-electron chi connectivity index (χ1n) is 6.30. The Morgan fingerprint density at radius 3 is 2.43 bits per heavy atom. The monoisotopic (exact) mass is 319 g/mol. The fourth-order valence-corrected chi connectivity index (χ4v) is 2.31. The quantitative estimate of drug-likeness (QED) is 0.335. The molecule has 1 aliphatic carbocycles. The smallest absolute Gasteiger partial charge is 0.290 e.